The molecule has 7 heteroatoms. The number of rotatable bonds is 3. The van der Waals surface area contributed by atoms with Gasteiger partial charge in [0.1, 0.15) is 5.37 Å². The number of benzene rings is 2. The zero-order valence-corrected chi connectivity index (χ0v) is 21.2. The average Bonchev–Trinajstić information content (AvgIpc) is 3.40. The molecular weight excluding hydrogens is 473 g/mol. The lowest BCUT2D eigenvalue weighted by Gasteiger charge is -2.18. The summed E-state index contributed by atoms with van der Waals surface area (Å²) in [4.78, 5) is 19.6. The zero-order chi connectivity index (χ0) is 23.7. The second-order valence-electron chi connectivity index (χ2n) is 8.34. The van der Waals surface area contributed by atoms with Gasteiger partial charge in [0, 0.05) is 35.2 Å². The molecule has 0 amide bonds. The van der Waals surface area contributed by atoms with Gasteiger partial charge in [0.15, 0.2) is 5.78 Å². The molecule has 5 rings (SSSR count). The van der Waals surface area contributed by atoms with Crippen molar-refractivity contribution in [3.05, 3.63) is 87.3 Å². The molecule has 2 aromatic carbocycles. The number of aryl methyl sites for hydroxylation is 1. The zero-order valence-electron chi connectivity index (χ0n) is 18.9. The van der Waals surface area contributed by atoms with Crippen molar-refractivity contribution in [1.29, 1.82) is 0 Å². The smallest absolute Gasteiger partial charge is 0.175 e. The molecule has 1 aliphatic rings. The number of aromatic amines is 1. The number of anilines is 1. The first-order valence-electron chi connectivity index (χ1n) is 10.7. The number of hydrogen-bond donors (Lipinski definition) is 2. The fourth-order valence-electron chi connectivity index (χ4n) is 3.87. The number of H-pyrrole nitrogens is 1. The van der Waals surface area contributed by atoms with E-state index in [4.69, 9.17) is 23.2 Å². The molecule has 0 spiro atoms. The van der Waals surface area contributed by atoms with Crippen molar-refractivity contribution in [3.8, 4) is 0 Å². The number of halogens is 2. The van der Waals surface area contributed by atoms with E-state index in [1.807, 2.05) is 24.2 Å². The van der Waals surface area contributed by atoms with Crippen LogP contribution in [0.25, 0.3) is 10.9 Å². The molecule has 0 fully saturated rings. The Morgan fingerprint density at radius 2 is 1.88 bits per heavy atom. The number of Topliss-reactive ketones (excluding diaryl/α,β-unsaturated/α-hetero) is 1. The maximum atomic E-state index is 11.1. The van der Waals surface area contributed by atoms with Gasteiger partial charge in [-0.3, -0.25) is 9.78 Å². The van der Waals surface area contributed by atoms with Crippen molar-refractivity contribution >= 4 is 57.3 Å². The Morgan fingerprint density at radius 1 is 1.12 bits per heavy atom. The largest absolute Gasteiger partial charge is 0.368 e. The lowest BCUT2D eigenvalue weighted by molar-refractivity contribution is 0.101. The number of fused-ring (bicyclic) bond motifs is 2. The van der Waals surface area contributed by atoms with E-state index in [0.717, 1.165) is 10.9 Å². The highest BCUT2D eigenvalue weighted by molar-refractivity contribution is 8.00. The minimum atomic E-state index is -0.0200. The summed E-state index contributed by atoms with van der Waals surface area (Å²) in [6, 6.07) is 13.8. The van der Waals surface area contributed by atoms with E-state index in [9.17, 15) is 4.79 Å². The van der Waals surface area contributed by atoms with Gasteiger partial charge in [-0.1, -0.05) is 73.1 Å². The van der Waals surface area contributed by atoms with E-state index in [1.165, 1.54) is 34.2 Å². The Labute approximate surface area is 208 Å². The Kier molecular flexibility index (Phi) is 7.03. The number of ketones is 1. The molecule has 0 aliphatic carbocycles. The fraction of sp³-hybridized carbons (Fsp3) is 0.231. The Morgan fingerprint density at radius 3 is 2.58 bits per heavy atom. The predicted octanol–water partition coefficient (Wildman–Crippen LogP) is 8.41. The van der Waals surface area contributed by atoms with Gasteiger partial charge in [-0.2, -0.15) is 0 Å². The SMILES string of the molecule is CC(=O)c1cc2c(Cl)cc(Cl)cc2[nH]1.Cc1cncc2c1NC(c1ccccc1C(C)C)S2. The van der Waals surface area contributed by atoms with E-state index in [2.05, 4.69) is 60.3 Å². The predicted molar refractivity (Wildman–Crippen MR) is 140 cm³/mol. The number of pyridine rings is 1. The van der Waals surface area contributed by atoms with Crippen LogP contribution in [0.1, 0.15) is 59.2 Å². The van der Waals surface area contributed by atoms with Crippen LogP contribution in [0, 0.1) is 6.92 Å². The third-order valence-corrected chi connectivity index (χ3v) is 7.25. The van der Waals surface area contributed by atoms with Crippen molar-refractivity contribution in [2.24, 2.45) is 0 Å². The van der Waals surface area contributed by atoms with Crippen molar-refractivity contribution < 1.29 is 4.79 Å². The molecule has 0 saturated carbocycles. The quantitative estimate of drug-likeness (QED) is 0.279. The summed E-state index contributed by atoms with van der Waals surface area (Å²) in [7, 11) is 0. The van der Waals surface area contributed by atoms with Gasteiger partial charge in [0.05, 0.1) is 21.3 Å². The third-order valence-electron chi connectivity index (χ3n) is 5.55. The first kappa shape index (κ1) is 23.7. The topological polar surface area (TPSA) is 57.8 Å². The molecule has 170 valence electrons. The van der Waals surface area contributed by atoms with Crippen LogP contribution in [0.5, 0.6) is 0 Å². The highest BCUT2D eigenvalue weighted by Crippen LogP contribution is 2.48. The molecule has 1 atom stereocenters. The van der Waals surface area contributed by atoms with Crippen LogP contribution in [-0.4, -0.2) is 15.8 Å². The van der Waals surface area contributed by atoms with Gasteiger partial charge in [-0.15, -0.1) is 0 Å². The van der Waals surface area contributed by atoms with Crippen LogP contribution in [0.3, 0.4) is 0 Å². The Balaban J connectivity index is 0.000000165. The summed E-state index contributed by atoms with van der Waals surface area (Å²) in [5, 5.41) is 5.87. The van der Waals surface area contributed by atoms with Crippen LogP contribution < -0.4 is 5.32 Å². The molecule has 33 heavy (non-hydrogen) atoms. The average molecular weight is 498 g/mol. The molecule has 2 aromatic heterocycles. The first-order chi connectivity index (χ1) is 15.7. The maximum Gasteiger partial charge on any atom is 0.175 e. The first-order valence-corrected chi connectivity index (χ1v) is 12.3. The number of nitrogens with zero attached hydrogens (tertiary/aromatic N) is 1. The van der Waals surface area contributed by atoms with Gasteiger partial charge in [-0.05, 0) is 47.7 Å². The van der Waals surface area contributed by atoms with E-state index >= 15 is 0 Å². The molecule has 0 saturated heterocycles. The number of thioether (sulfide) groups is 1. The number of hydrogen-bond acceptors (Lipinski definition) is 4. The van der Waals surface area contributed by atoms with E-state index in [0.29, 0.717) is 27.0 Å². The lowest BCUT2D eigenvalue weighted by atomic mass is 9.97. The summed E-state index contributed by atoms with van der Waals surface area (Å²) in [5.41, 5.74) is 6.60. The molecule has 4 aromatic rings. The second kappa shape index (κ2) is 9.80. The molecule has 0 bridgehead atoms. The monoisotopic (exact) mass is 497 g/mol. The van der Waals surface area contributed by atoms with Crippen LogP contribution in [-0.2, 0) is 0 Å². The van der Waals surface area contributed by atoms with E-state index in [1.54, 1.807) is 18.2 Å². The highest BCUT2D eigenvalue weighted by Gasteiger charge is 2.26. The van der Waals surface area contributed by atoms with E-state index < -0.39 is 0 Å². The van der Waals surface area contributed by atoms with Crippen molar-refractivity contribution in [2.75, 3.05) is 5.32 Å². The standard InChI is InChI=1S/C16H18N2S.C10H7Cl2NO/c1-10(2)12-6-4-5-7-13(12)16-18-15-11(3)8-17-9-14(15)19-16;1-5(14)9-4-7-8(12)2-6(11)3-10(7)13-9/h4-10,16,18H,1-3H3;2-4,13H,1H3. The summed E-state index contributed by atoms with van der Waals surface area (Å²) in [5.74, 6) is 0.523. The number of carbonyl (C=O) groups is 1. The third kappa shape index (κ3) is 5.06. The lowest BCUT2D eigenvalue weighted by Crippen LogP contribution is -2.06. The Hall–Kier alpha value is -2.47. The molecule has 1 unspecified atom stereocenters. The van der Waals surface area contributed by atoms with Crippen LogP contribution in [0.15, 0.2) is 59.8 Å². The summed E-state index contributed by atoms with van der Waals surface area (Å²) in [6.45, 7) is 8.10. The number of aromatic nitrogens is 2. The highest BCUT2D eigenvalue weighted by atomic mass is 35.5. The fourth-order valence-corrected chi connectivity index (χ4v) is 5.65. The molecule has 0 radical (unpaired) electrons. The van der Waals surface area contributed by atoms with Gasteiger partial charge in [0.2, 0.25) is 0 Å². The molecule has 2 N–H and O–H groups in total. The Bertz CT molecular complexity index is 1330. The molecular formula is C26H25Cl2N3OS. The van der Waals surface area contributed by atoms with Crippen LogP contribution in [0.4, 0.5) is 5.69 Å². The number of nitrogens with one attached hydrogen (secondary N) is 2. The van der Waals surface area contributed by atoms with Gasteiger partial charge >= 0.3 is 0 Å². The summed E-state index contributed by atoms with van der Waals surface area (Å²) < 4.78 is 0. The van der Waals surface area contributed by atoms with Gasteiger partial charge in [0.25, 0.3) is 0 Å². The number of carbonyl (C=O) groups excluding carboxylic acids is 1. The van der Waals surface area contributed by atoms with Gasteiger partial charge < -0.3 is 10.3 Å². The second-order valence-corrected chi connectivity index (χ2v) is 10.3. The minimum Gasteiger partial charge on any atom is -0.368 e. The van der Waals surface area contributed by atoms with E-state index in [-0.39, 0.29) is 5.78 Å². The molecule has 1 aliphatic heterocycles. The van der Waals surface area contributed by atoms with Crippen molar-refractivity contribution in [3.63, 3.8) is 0 Å². The van der Waals surface area contributed by atoms with Crippen LogP contribution in [0.2, 0.25) is 10.0 Å². The van der Waals surface area contributed by atoms with Crippen LogP contribution >= 0.6 is 35.0 Å². The molecule has 3 heterocycles. The van der Waals surface area contributed by atoms with Crippen molar-refractivity contribution in [2.45, 2.75) is 43.9 Å². The maximum absolute atomic E-state index is 11.1. The van der Waals surface area contributed by atoms with Crippen molar-refractivity contribution in [1.82, 2.24) is 9.97 Å². The summed E-state index contributed by atoms with van der Waals surface area (Å²) in [6.07, 6.45) is 3.88. The molecule has 4 nitrogen and oxygen atoms in total. The van der Waals surface area contributed by atoms with Gasteiger partial charge in [-0.25, -0.2) is 0 Å². The minimum absolute atomic E-state index is 0.0200. The summed E-state index contributed by atoms with van der Waals surface area (Å²) >= 11 is 13.6. The normalized spacial score (nSPS) is 14.6.